The number of hydrogen-bond acceptors (Lipinski definition) is 5. The van der Waals surface area contributed by atoms with Crippen molar-refractivity contribution < 1.29 is 17.9 Å². The van der Waals surface area contributed by atoms with Gasteiger partial charge in [0.15, 0.2) is 0 Å². The Morgan fingerprint density at radius 3 is 2.62 bits per heavy atom. The van der Waals surface area contributed by atoms with E-state index in [4.69, 9.17) is 9.47 Å². The van der Waals surface area contributed by atoms with Crippen LogP contribution in [0.3, 0.4) is 0 Å². The fourth-order valence-electron chi connectivity index (χ4n) is 3.45. The summed E-state index contributed by atoms with van der Waals surface area (Å²) >= 11 is 0. The predicted octanol–water partition coefficient (Wildman–Crippen LogP) is 2.37. The zero-order valence-corrected chi connectivity index (χ0v) is 14.2. The Labute approximate surface area is 141 Å². The molecule has 0 amide bonds. The van der Waals surface area contributed by atoms with Gasteiger partial charge in [0.25, 0.3) is 0 Å². The molecule has 6 heteroatoms. The van der Waals surface area contributed by atoms with Crippen LogP contribution in [0.4, 0.5) is 0 Å². The molecular formula is C18H19NO4S. The van der Waals surface area contributed by atoms with E-state index in [1.54, 1.807) is 49.6 Å². The minimum absolute atomic E-state index is 0.104. The summed E-state index contributed by atoms with van der Waals surface area (Å²) in [7, 11) is -2.00. The molecule has 2 aliphatic rings. The molecule has 0 aromatic heterocycles. The van der Waals surface area contributed by atoms with Crippen LogP contribution >= 0.6 is 0 Å². The van der Waals surface area contributed by atoms with Crippen LogP contribution in [0.2, 0.25) is 0 Å². The average Bonchev–Trinajstić information content (AvgIpc) is 2.99. The Hall–Kier alpha value is -2.05. The van der Waals surface area contributed by atoms with Crippen molar-refractivity contribution >= 4 is 9.84 Å². The molecule has 5 nitrogen and oxygen atoms in total. The Kier molecular flexibility index (Phi) is 3.73. The van der Waals surface area contributed by atoms with Gasteiger partial charge in [-0.2, -0.15) is 0 Å². The lowest BCUT2D eigenvalue weighted by atomic mass is 9.90. The van der Waals surface area contributed by atoms with E-state index in [9.17, 15) is 8.42 Å². The summed E-state index contributed by atoms with van der Waals surface area (Å²) < 4.78 is 36.8. The molecule has 2 aromatic rings. The number of benzene rings is 2. The maximum Gasteiger partial charge on any atom is 0.206 e. The number of piperidine rings is 1. The largest absolute Gasteiger partial charge is 0.497 e. The van der Waals surface area contributed by atoms with Crippen LogP contribution in [0.15, 0.2) is 52.3 Å². The highest BCUT2D eigenvalue weighted by Crippen LogP contribution is 2.42. The zero-order chi connectivity index (χ0) is 16.7. The molecule has 0 bridgehead atoms. The van der Waals surface area contributed by atoms with Crippen LogP contribution in [0.1, 0.15) is 17.9 Å². The van der Waals surface area contributed by atoms with Gasteiger partial charge in [0.1, 0.15) is 17.6 Å². The highest BCUT2D eigenvalue weighted by atomic mass is 32.2. The van der Waals surface area contributed by atoms with Gasteiger partial charge in [-0.05, 0) is 55.4 Å². The molecule has 2 heterocycles. The third kappa shape index (κ3) is 2.46. The number of nitrogens with one attached hydrogen (secondary N) is 1. The third-order valence-corrected chi connectivity index (χ3v) is 6.53. The lowest BCUT2D eigenvalue weighted by Gasteiger charge is -2.24. The number of sulfone groups is 1. The molecule has 0 radical (unpaired) electrons. The van der Waals surface area contributed by atoms with Crippen LogP contribution in [0, 0.1) is 0 Å². The Morgan fingerprint density at radius 1 is 1.12 bits per heavy atom. The van der Waals surface area contributed by atoms with E-state index in [0.29, 0.717) is 10.6 Å². The second kappa shape index (κ2) is 5.79. The molecule has 2 aliphatic heterocycles. The van der Waals surface area contributed by atoms with Gasteiger partial charge in [0.05, 0.1) is 16.9 Å². The van der Waals surface area contributed by atoms with E-state index in [1.165, 1.54) is 0 Å². The standard InChI is InChI=1S/C18H19NO4S/c1-22-12-2-4-13(5-3-12)24(20,21)14-6-7-17-16(10-14)15-8-9-19-11-18(15)23-17/h2-7,10,15,18-19H,8-9,11H2,1H3. The van der Waals surface area contributed by atoms with Crippen molar-refractivity contribution in [1.82, 2.24) is 5.32 Å². The Balaban J connectivity index is 1.72. The molecule has 0 aliphatic carbocycles. The van der Waals surface area contributed by atoms with E-state index in [0.717, 1.165) is 30.8 Å². The fourth-order valence-corrected chi connectivity index (χ4v) is 4.75. The first-order chi connectivity index (χ1) is 11.6. The molecule has 4 rings (SSSR count). The summed E-state index contributed by atoms with van der Waals surface area (Å²) in [5.41, 5.74) is 1.01. The van der Waals surface area contributed by atoms with Gasteiger partial charge in [0, 0.05) is 18.0 Å². The van der Waals surface area contributed by atoms with Gasteiger partial charge in [0.2, 0.25) is 9.84 Å². The summed E-state index contributed by atoms with van der Waals surface area (Å²) in [6.45, 7) is 1.74. The summed E-state index contributed by atoms with van der Waals surface area (Å²) in [6.07, 6.45) is 1.07. The third-order valence-electron chi connectivity index (χ3n) is 4.77. The first kappa shape index (κ1) is 15.5. The van der Waals surface area contributed by atoms with E-state index in [-0.39, 0.29) is 16.9 Å². The molecule has 1 N–H and O–H groups in total. The minimum atomic E-state index is -3.55. The van der Waals surface area contributed by atoms with Gasteiger partial charge >= 0.3 is 0 Å². The molecule has 24 heavy (non-hydrogen) atoms. The molecule has 0 spiro atoms. The van der Waals surface area contributed by atoms with Crippen LogP contribution in [0.5, 0.6) is 11.5 Å². The quantitative estimate of drug-likeness (QED) is 0.925. The molecule has 1 saturated heterocycles. The van der Waals surface area contributed by atoms with Gasteiger partial charge in [-0.25, -0.2) is 8.42 Å². The molecule has 126 valence electrons. The second-order valence-electron chi connectivity index (χ2n) is 6.13. The van der Waals surface area contributed by atoms with Crippen molar-refractivity contribution in [2.45, 2.75) is 28.2 Å². The minimum Gasteiger partial charge on any atom is -0.497 e. The summed E-state index contributed by atoms with van der Waals surface area (Å²) in [5.74, 6) is 1.71. The maximum atomic E-state index is 12.9. The normalized spacial score (nSPS) is 22.4. The number of ether oxygens (including phenoxy) is 2. The van der Waals surface area contributed by atoms with Crippen molar-refractivity contribution in [2.75, 3.05) is 20.2 Å². The van der Waals surface area contributed by atoms with Gasteiger partial charge < -0.3 is 14.8 Å². The lowest BCUT2D eigenvalue weighted by Crippen LogP contribution is -2.39. The first-order valence-corrected chi connectivity index (χ1v) is 9.48. The van der Waals surface area contributed by atoms with Gasteiger partial charge in [-0.1, -0.05) is 0 Å². The number of methoxy groups -OCH3 is 1. The average molecular weight is 345 g/mol. The van der Waals surface area contributed by atoms with E-state index in [1.807, 2.05) is 0 Å². The van der Waals surface area contributed by atoms with Crippen molar-refractivity contribution in [3.63, 3.8) is 0 Å². The molecule has 2 atom stereocenters. The number of fused-ring (bicyclic) bond motifs is 3. The second-order valence-corrected chi connectivity index (χ2v) is 8.08. The first-order valence-electron chi connectivity index (χ1n) is 8.00. The van der Waals surface area contributed by atoms with E-state index < -0.39 is 9.84 Å². The summed E-state index contributed by atoms with van der Waals surface area (Å²) in [5, 5.41) is 3.32. The molecule has 1 fully saturated rings. The van der Waals surface area contributed by atoms with Crippen LogP contribution < -0.4 is 14.8 Å². The monoisotopic (exact) mass is 345 g/mol. The lowest BCUT2D eigenvalue weighted by molar-refractivity contribution is 0.177. The van der Waals surface area contributed by atoms with Gasteiger partial charge in [-0.15, -0.1) is 0 Å². The van der Waals surface area contributed by atoms with Crippen LogP contribution in [0.25, 0.3) is 0 Å². The Morgan fingerprint density at radius 2 is 1.88 bits per heavy atom. The van der Waals surface area contributed by atoms with Crippen LogP contribution in [-0.4, -0.2) is 34.7 Å². The SMILES string of the molecule is COc1ccc(S(=O)(=O)c2ccc3c(c2)C2CCNCC2O3)cc1. The number of hydrogen-bond donors (Lipinski definition) is 1. The van der Waals surface area contributed by atoms with Gasteiger partial charge in [-0.3, -0.25) is 0 Å². The van der Waals surface area contributed by atoms with Crippen LogP contribution in [-0.2, 0) is 9.84 Å². The molecule has 0 saturated carbocycles. The smallest absolute Gasteiger partial charge is 0.206 e. The Bertz CT molecular complexity index is 861. The number of rotatable bonds is 3. The maximum absolute atomic E-state index is 12.9. The molecule has 2 aromatic carbocycles. The fraction of sp³-hybridized carbons (Fsp3) is 0.333. The topological polar surface area (TPSA) is 64.6 Å². The molecule has 2 unspecified atom stereocenters. The highest BCUT2D eigenvalue weighted by molar-refractivity contribution is 7.91. The van der Waals surface area contributed by atoms with Crippen molar-refractivity contribution in [3.8, 4) is 11.5 Å². The van der Waals surface area contributed by atoms with Crippen molar-refractivity contribution in [1.29, 1.82) is 0 Å². The summed E-state index contributed by atoms with van der Waals surface area (Å²) in [4.78, 5) is 0.582. The predicted molar refractivity (Wildman–Crippen MR) is 89.5 cm³/mol. The zero-order valence-electron chi connectivity index (χ0n) is 13.4. The highest BCUT2D eigenvalue weighted by Gasteiger charge is 2.37. The van der Waals surface area contributed by atoms with Crippen molar-refractivity contribution in [3.05, 3.63) is 48.0 Å². The van der Waals surface area contributed by atoms with Crippen molar-refractivity contribution in [2.24, 2.45) is 0 Å². The molecular weight excluding hydrogens is 326 g/mol. The van der Waals surface area contributed by atoms with E-state index >= 15 is 0 Å². The summed E-state index contributed by atoms with van der Waals surface area (Å²) in [6, 6.07) is 11.7. The van der Waals surface area contributed by atoms with E-state index in [2.05, 4.69) is 5.32 Å².